The van der Waals surface area contributed by atoms with E-state index >= 15 is 0 Å². The lowest BCUT2D eigenvalue weighted by atomic mass is 10.2. The van der Waals surface area contributed by atoms with E-state index in [-0.39, 0.29) is 36.0 Å². The van der Waals surface area contributed by atoms with Crippen molar-refractivity contribution in [3.8, 4) is 17.2 Å². The van der Waals surface area contributed by atoms with Crippen LogP contribution in [0.1, 0.15) is 28.7 Å². The molecule has 1 aromatic heterocycles. The van der Waals surface area contributed by atoms with Crippen LogP contribution in [0.3, 0.4) is 0 Å². The van der Waals surface area contributed by atoms with E-state index in [1.54, 1.807) is 33.0 Å². The van der Waals surface area contributed by atoms with E-state index in [4.69, 9.17) is 4.74 Å². The molecule has 174 valence electrons. The lowest BCUT2D eigenvalue weighted by Gasteiger charge is -2.18. The number of nitro groups is 1. The third kappa shape index (κ3) is 5.40. The van der Waals surface area contributed by atoms with Gasteiger partial charge in [-0.3, -0.25) is 14.9 Å². The second kappa shape index (κ2) is 10.0. The Morgan fingerprint density at radius 3 is 2.67 bits per heavy atom. The third-order valence-electron chi connectivity index (χ3n) is 4.67. The van der Waals surface area contributed by atoms with Crippen LogP contribution in [0.15, 0.2) is 42.5 Å². The molecule has 0 bridgehead atoms. The van der Waals surface area contributed by atoms with Crippen molar-refractivity contribution in [1.29, 1.82) is 0 Å². The van der Waals surface area contributed by atoms with E-state index in [1.165, 1.54) is 39.9 Å². The molecule has 0 fully saturated rings. The number of amides is 1. The van der Waals surface area contributed by atoms with Crippen LogP contribution in [0.4, 0.5) is 14.5 Å². The normalized spacial score (nSPS) is 10.8. The molecular weight excluding hydrogens is 440 g/mol. The quantitative estimate of drug-likeness (QED) is 0.352. The molecule has 10 nitrogen and oxygen atoms in total. The summed E-state index contributed by atoms with van der Waals surface area (Å²) in [4.78, 5) is 24.8. The monoisotopic (exact) mass is 461 g/mol. The van der Waals surface area contributed by atoms with Gasteiger partial charge in [-0.1, -0.05) is 17.3 Å². The Balaban J connectivity index is 1.80. The number of hydrogen-bond donors (Lipinski definition) is 0. The van der Waals surface area contributed by atoms with E-state index in [2.05, 4.69) is 15.0 Å². The Morgan fingerprint density at radius 2 is 2.00 bits per heavy atom. The van der Waals surface area contributed by atoms with Crippen molar-refractivity contribution in [2.24, 2.45) is 0 Å². The Morgan fingerprint density at radius 1 is 1.24 bits per heavy atom. The molecular formula is C21H21F2N5O5. The fourth-order valence-electron chi connectivity index (χ4n) is 3.15. The van der Waals surface area contributed by atoms with Gasteiger partial charge in [0, 0.05) is 25.7 Å². The van der Waals surface area contributed by atoms with Crippen molar-refractivity contribution < 1.29 is 28.0 Å². The number of alkyl halides is 2. The van der Waals surface area contributed by atoms with Crippen LogP contribution in [0, 0.1) is 17.0 Å². The Bertz CT molecular complexity index is 1170. The summed E-state index contributed by atoms with van der Waals surface area (Å²) in [5, 5.41) is 18.9. The predicted octanol–water partition coefficient (Wildman–Crippen LogP) is 3.76. The van der Waals surface area contributed by atoms with E-state index in [1.807, 2.05) is 0 Å². The molecule has 1 heterocycles. The second-order valence-electron chi connectivity index (χ2n) is 6.97. The summed E-state index contributed by atoms with van der Waals surface area (Å²) in [6, 6.07) is 10.2. The number of nitro benzene ring substituents is 1. The van der Waals surface area contributed by atoms with Crippen molar-refractivity contribution in [3.05, 3.63) is 69.5 Å². The van der Waals surface area contributed by atoms with Gasteiger partial charge in [0.1, 0.15) is 0 Å². The van der Waals surface area contributed by atoms with Gasteiger partial charge in [-0.25, -0.2) is 4.68 Å². The van der Waals surface area contributed by atoms with Crippen LogP contribution in [0.2, 0.25) is 0 Å². The number of nitrogens with zero attached hydrogens (tertiary/aromatic N) is 5. The zero-order chi connectivity index (χ0) is 24.1. The molecule has 0 aliphatic heterocycles. The molecule has 2 aromatic carbocycles. The van der Waals surface area contributed by atoms with Crippen LogP contribution in [0.25, 0.3) is 5.69 Å². The molecule has 0 saturated heterocycles. The van der Waals surface area contributed by atoms with Gasteiger partial charge in [0.05, 0.1) is 22.9 Å². The van der Waals surface area contributed by atoms with Gasteiger partial charge in [-0.05, 0) is 37.6 Å². The third-order valence-corrected chi connectivity index (χ3v) is 4.67. The zero-order valence-corrected chi connectivity index (χ0v) is 18.1. The highest BCUT2D eigenvalue weighted by molar-refractivity contribution is 5.93. The summed E-state index contributed by atoms with van der Waals surface area (Å²) in [6.07, 6.45) is 0. The topological polar surface area (TPSA) is 113 Å². The molecule has 3 rings (SSSR count). The first-order valence-corrected chi connectivity index (χ1v) is 9.84. The lowest BCUT2D eigenvalue weighted by Crippen LogP contribution is -2.27. The van der Waals surface area contributed by atoms with Gasteiger partial charge in [0.15, 0.2) is 17.2 Å². The van der Waals surface area contributed by atoms with Crippen LogP contribution >= 0.6 is 0 Å². The molecule has 12 heteroatoms. The van der Waals surface area contributed by atoms with Crippen LogP contribution < -0.4 is 9.47 Å². The SMILES string of the molecule is CCOc1cc(CN(C)C(=O)c2nnn(-c3cccc([N+](=O)[O-])c3)c2C)ccc1OC(F)F. The van der Waals surface area contributed by atoms with Crippen molar-refractivity contribution >= 4 is 11.6 Å². The summed E-state index contributed by atoms with van der Waals surface area (Å²) < 4.78 is 36.3. The number of carbonyl (C=O) groups is 1. The van der Waals surface area contributed by atoms with Crippen molar-refractivity contribution in [2.45, 2.75) is 27.0 Å². The first-order chi connectivity index (χ1) is 15.7. The number of rotatable bonds is 9. The fourth-order valence-corrected chi connectivity index (χ4v) is 3.15. The Labute approximate surface area is 187 Å². The van der Waals surface area contributed by atoms with E-state index in [0.29, 0.717) is 16.9 Å². The van der Waals surface area contributed by atoms with Gasteiger partial charge in [-0.2, -0.15) is 8.78 Å². The van der Waals surface area contributed by atoms with Gasteiger partial charge in [0.2, 0.25) is 0 Å². The molecule has 1 amide bonds. The van der Waals surface area contributed by atoms with E-state index < -0.39 is 17.4 Å². The maximum Gasteiger partial charge on any atom is 0.387 e. The number of halogens is 2. The van der Waals surface area contributed by atoms with Gasteiger partial charge in [0.25, 0.3) is 11.6 Å². The summed E-state index contributed by atoms with van der Waals surface area (Å²) in [5.74, 6) is -0.390. The summed E-state index contributed by atoms with van der Waals surface area (Å²) in [6.45, 7) is 0.733. The summed E-state index contributed by atoms with van der Waals surface area (Å²) in [5.41, 5.74) is 1.39. The van der Waals surface area contributed by atoms with Crippen molar-refractivity contribution in [2.75, 3.05) is 13.7 Å². The fraction of sp³-hybridized carbons (Fsp3) is 0.286. The lowest BCUT2D eigenvalue weighted by molar-refractivity contribution is -0.384. The van der Waals surface area contributed by atoms with Crippen LogP contribution in [-0.4, -0.2) is 51.0 Å². The number of hydrogen-bond acceptors (Lipinski definition) is 7. The highest BCUT2D eigenvalue weighted by Crippen LogP contribution is 2.30. The Hall–Kier alpha value is -4.09. The Kier molecular flexibility index (Phi) is 7.16. The number of benzene rings is 2. The highest BCUT2D eigenvalue weighted by atomic mass is 19.3. The summed E-state index contributed by atoms with van der Waals surface area (Å²) >= 11 is 0. The molecule has 0 saturated carbocycles. The molecule has 0 spiro atoms. The maximum atomic E-state index is 13.0. The zero-order valence-electron chi connectivity index (χ0n) is 18.1. The minimum Gasteiger partial charge on any atom is -0.490 e. The first kappa shape index (κ1) is 23.6. The molecule has 0 aliphatic rings. The standard InChI is InChI=1S/C21H21F2N5O5/c1-4-32-18-10-14(8-9-17(18)33-21(22)23)12-26(3)20(29)19-13(2)27(25-24-19)15-6-5-7-16(11-15)28(30)31/h5-11,21H,4,12H2,1-3H3. The largest absolute Gasteiger partial charge is 0.490 e. The van der Waals surface area contributed by atoms with Crippen LogP contribution in [0.5, 0.6) is 11.5 Å². The number of carbonyl (C=O) groups excluding carboxylic acids is 1. The average molecular weight is 461 g/mol. The molecule has 3 aromatic rings. The highest BCUT2D eigenvalue weighted by Gasteiger charge is 2.22. The smallest absolute Gasteiger partial charge is 0.387 e. The number of ether oxygens (including phenoxy) is 2. The minimum atomic E-state index is -2.99. The molecule has 0 aliphatic carbocycles. The molecule has 33 heavy (non-hydrogen) atoms. The predicted molar refractivity (Wildman–Crippen MR) is 113 cm³/mol. The van der Waals surface area contributed by atoms with Gasteiger partial charge >= 0.3 is 6.61 Å². The number of aromatic nitrogens is 3. The van der Waals surface area contributed by atoms with E-state index in [9.17, 15) is 23.7 Å². The molecule has 0 unspecified atom stereocenters. The summed E-state index contributed by atoms with van der Waals surface area (Å²) in [7, 11) is 1.55. The van der Waals surface area contributed by atoms with Crippen LogP contribution in [-0.2, 0) is 6.54 Å². The number of non-ortho nitro benzene ring substituents is 1. The molecule has 0 N–H and O–H groups in total. The average Bonchev–Trinajstić information content (AvgIpc) is 3.16. The minimum absolute atomic E-state index is 0.0756. The molecule has 0 radical (unpaired) electrons. The second-order valence-corrected chi connectivity index (χ2v) is 6.97. The molecule has 0 atom stereocenters. The first-order valence-electron chi connectivity index (χ1n) is 9.84. The maximum absolute atomic E-state index is 13.0. The van der Waals surface area contributed by atoms with Crippen molar-refractivity contribution in [3.63, 3.8) is 0 Å². The van der Waals surface area contributed by atoms with Gasteiger partial charge in [-0.15, -0.1) is 5.10 Å². The van der Waals surface area contributed by atoms with Gasteiger partial charge < -0.3 is 14.4 Å². The van der Waals surface area contributed by atoms with Crippen molar-refractivity contribution in [1.82, 2.24) is 19.9 Å². The van der Waals surface area contributed by atoms with E-state index in [0.717, 1.165) is 0 Å².